The average molecular weight is 370 g/mol. The fourth-order valence-corrected chi connectivity index (χ4v) is 7.90. The third-order valence-corrected chi connectivity index (χ3v) is 8.32. The number of Topliss-reactive ketones (excluding diaryl/α,β-unsaturated/α-hetero) is 1. The molecular weight excluding hydrogens is 337 g/mol. The smallest absolute Gasteiger partial charge is 0.139 e. The highest BCUT2D eigenvalue weighted by atomic mass is 19.1. The number of rotatable bonds is 4. The predicted molar refractivity (Wildman–Crippen MR) is 105 cm³/mol. The molecule has 2 unspecified atom stereocenters. The fourth-order valence-electron chi connectivity index (χ4n) is 7.90. The van der Waals surface area contributed by atoms with Crippen molar-refractivity contribution in [3.8, 4) is 0 Å². The molecule has 1 aliphatic heterocycles. The Labute approximate surface area is 162 Å². The summed E-state index contributed by atoms with van der Waals surface area (Å²) in [6.07, 6.45) is 7.20. The van der Waals surface area contributed by atoms with E-state index < -0.39 is 6.17 Å². The first kappa shape index (κ1) is 17.8. The molecule has 0 aromatic heterocycles. The zero-order valence-electron chi connectivity index (χ0n) is 16.5. The van der Waals surface area contributed by atoms with E-state index in [1.165, 1.54) is 24.8 Å². The molecule has 0 spiro atoms. The second-order valence-corrected chi connectivity index (χ2v) is 10.6. The number of nitrogens with one attached hydrogen (secondary N) is 1. The van der Waals surface area contributed by atoms with E-state index in [-0.39, 0.29) is 22.2 Å². The summed E-state index contributed by atoms with van der Waals surface area (Å²) in [7, 11) is 0. The Hall–Kier alpha value is -1.22. The van der Waals surface area contributed by atoms with Gasteiger partial charge in [0, 0.05) is 18.4 Å². The molecule has 1 aromatic rings. The van der Waals surface area contributed by atoms with Crippen LogP contribution in [0.25, 0.3) is 0 Å². The molecule has 4 saturated carbocycles. The second kappa shape index (κ2) is 6.14. The van der Waals surface area contributed by atoms with Gasteiger partial charge in [-0.1, -0.05) is 37.3 Å². The van der Waals surface area contributed by atoms with E-state index in [9.17, 15) is 9.18 Å². The Morgan fingerprint density at radius 2 is 1.96 bits per heavy atom. The summed E-state index contributed by atoms with van der Waals surface area (Å²) >= 11 is 0. The first-order valence-corrected chi connectivity index (χ1v) is 10.9. The lowest BCUT2D eigenvalue weighted by Crippen LogP contribution is -2.60. The van der Waals surface area contributed by atoms with Crippen molar-refractivity contribution in [1.29, 1.82) is 0 Å². The number of alkyl halides is 1. The van der Waals surface area contributed by atoms with Gasteiger partial charge in [0.15, 0.2) is 0 Å². The Balaban J connectivity index is 1.46. The molecular formula is C24H32FNO. The maximum Gasteiger partial charge on any atom is 0.139 e. The number of benzene rings is 1. The zero-order chi connectivity index (χ0) is 18.7. The third kappa shape index (κ3) is 2.88. The molecule has 5 fully saturated rings. The van der Waals surface area contributed by atoms with Gasteiger partial charge in [-0.3, -0.25) is 4.79 Å². The second-order valence-electron chi connectivity index (χ2n) is 10.6. The van der Waals surface area contributed by atoms with Crippen LogP contribution in [0.15, 0.2) is 30.3 Å². The van der Waals surface area contributed by atoms with E-state index in [1.54, 1.807) is 0 Å². The van der Waals surface area contributed by atoms with E-state index in [4.69, 9.17) is 0 Å². The number of hydrogen-bond acceptors (Lipinski definition) is 2. The van der Waals surface area contributed by atoms with E-state index in [0.717, 1.165) is 32.2 Å². The molecule has 6 rings (SSSR count). The van der Waals surface area contributed by atoms with Crippen LogP contribution in [-0.4, -0.2) is 25.0 Å². The van der Waals surface area contributed by atoms with Crippen molar-refractivity contribution < 1.29 is 9.18 Å². The minimum absolute atomic E-state index is 0.0766. The molecule has 1 heterocycles. The van der Waals surface area contributed by atoms with Crippen molar-refractivity contribution in [1.82, 2.24) is 5.32 Å². The molecule has 3 heteroatoms. The van der Waals surface area contributed by atoms with Gasteiger partial charge in [-0.2, -0.15) is 0 Å². The molecule has 0 amide bonds. The molecule has 4 bridgehead atoms. The van der Waals surface area contributed by atoms with Gasteiger partial charge >= 0.3 is 0 Å². The lowest BCUT2D eigenvalue weighted by Gasteiger charge is -2.66. The van der Waals surface area contributed by atoms with Crippen LogP contribution in [0.1, 0.15) is 63.9 Å². The molecule has 1 saturated heterocycles. The third-order valence-electron chi connectivity index (χ3n) is 8.32. The van der Waals surface area contributed by atoms with Crippen LogP contribution < -0.4 is 5.32 Å². The maximum atomic E-state index is 14.4. The van der Waals surface area contributed by atoms with Gasteiger partial charge in [0.25, 0.3) is 0 Å². The summed E-state index contributed by atoms with van der Waals surface area (Å²) in [5.41, 5.74) is 1.67. The highest BCUT2D eigenvalue weighted by molar-refractivity contribution is 5.86. The van der Waals surface area contributed by atoms with E-state index in [0.29, 0.717) is 24.7 Å². The summed E-state index contributed by atoms with van der Waals surface area (Å²) < 4.78 is 14.4. The minimum Gasteiger partial charge on any atom is -0.314 e. The standard InChI is InChI=1S/C24H32FNO/c1-22-10-17-11-23(14-22,19-5-3-2-4-6-19)16-24(12-17,15-22)21(27)9-18-7-8-26-13-20(18)25/h2-6,17-18,20,26H,7-16H2,1H3/t17?,18-,20+,22+,23+,24?/m1/s1. The van der Waals surface area contributed by atoms with Crippen LogP contribution in [0, 0.1) is 22.7 Å². The highest BCUT2D eigenvalue weighted by Crippen LogP contribution is 2.70. The van der Waals surface area contributed by atoms with Gasteiger partial charge in [-0.25, -0.2) is 4.39 Å². The maximum absolute atomic E-state index is 14.4. The van der Waals surface area contributed by atoms with Crippen molar-refractivity contribution >= 4 is 5.78 Å². The SMILES string of the molecule is C[C@@]12CC3CC(C(=O)C[C@H]4CCNC[C@@H]4F)(C1)C[C@](c1ccccc1)(C3)C2. The van der Waals surface area contributed by atoms with Gasteiger partial charge in [0.1, 0.15) is 12.0 Å². The quantitative estimate of drug-likeness (QED) is 0.824. The Morgan fingerprint density at radius 1 is 1.15 bits per heavy atom. The zero-order valence-corrected chi connectivity index (χ0v) is 16.5. The van der Waals surface area contributed by atoms with Crippen LogP contribution in [0.5, 0.6) is 0 Å². The number of carbonyl (C=O) groups is 1. The van der Waals surface area contributed by atoms with Crippen molar-refractivity contribution in [3.63, 3.8) is 0 Å². The number of ketones is 1. The summed E-state index contributed by atoms with van der Waals surface area (Å²) in [6, 6.07) is 10.9. The topological polar surface area (TPSA) is 29.1 Å². The first-order chi connectivity index (χ1) is 12.9. The lowest BCUT2D eigenvalue weighted by molar-refractivity contribution is -0.159. The Kier molecular flexibility index (Phi) is 4.06. The van der Waals surface area contributed by atoms with Crippen LogP contribution in [0.3, 0.4) is 0 Å². The summed E-state index contributed by atoms with van der Waals surface area (Å²) in [4.78, 5) is 13.6. The van der Waals surface area contributed by atoms with Crippen LogP contribution >= 0.6 is 0 Å². The summed E-state index contributed by atoms with van der Waals surface area (Å²) in [5.74, 6) is 0.963. The molecule has 1 aromatic carbocycles. The average Bonchev–Trinajstić information content (AvgIpc) is 2.62. The van der Waals surface area contributed by atoms with Gasteiger partial charge in [-0.05, 0) is 79.7 Å². The van der Waals surface area contributed by atoms with Crippen LogP contribution in [-0.2, 0) is 10.2 Å². The monoisotopic (exact) mass is 369 g/mol. The number of halogens is 1. The van der Waals surface area contributed by atoms with E-state index >= 15 is 0 Å². The molecule has 6 atom stereocenters. The van der Waals surface area contributed by atoms with Crippen molar-refractivity contribution in [2.24, 2.45) is 22.7 Å². The van der Waals surface area contributed by atoms with Crippen LogP contribution in [0.4, 0.5) is 4.39 Å². The van der Waals surface area contributed by atoms with Gasteiger partial charge in [0.2, 0.25) is 0 Å². The molecule has 1 N–H and O–H groups in total. The number of carbonyl (C=O) groups excluding carboxylic acids is 1. The summed E-state index contributed by atoms with van der Waals surface area (Å²) in [5, 5.41) is 3.12. The Bertz CT molecular complexity index is 735. The molecule has 0 radical (unpaired) electrons. The summed E-state index contributed by atoms with van der Waals surface area (Å²) in [6.45, 7) is 3.68. The van der Waals surface area contributed by atoms with Crippen molar-refractivity contribution in [3.05, 3.63) is 35.9 Å². The van der Waals surface area contributed by atoms with E-state index in [2.05, 4.69) is 42.6 Å². The van der Waals surface area contributed by atoms with Crippen molar-refractivity contribution in [2.75, 3.05) is 13.1 Å². The normalized spacial score (nSPS) is 45.8. The molecule has 4 aliphatic carbocycles. The van der Waals surface area contributed by atoms with Crippen molar-refractivity contribution in [2.45, 2.75) is 69.9 Å². The first-order valence-electron chi connectivity index (χ1n) is 10.9. The van der Waals surface area contributed by atoms with Gasteiger partial charge < -0.3 is 5.32 Å². The largest absolute Gasteiger partial charge is 0.314 e. The molecule has 146 valence electrons. The minimum atomic E-state index is -0.865. The van der Waals surface area contributed by atoms with Gasteiger partial charge in [-0.15, -0.1) is 0 Å². The van der Waals surface area contributed by atoms with Crippen LogP contribution in [0.2, 0.25) is 0 Å². The molecule has 2 nitrogen and oxygen atoms in total. The number of hydrogen-bond donors (Lipinski definition) is 1. The highest BCUT2D eigenvalue weighted by Gasteiger charge is 2.64. The predicted octanol–water partition coefficient (Wildman–Crippen LogP) is 4.82. The molecule has 5 aliphatic rings. The fraction of sp³-hybridized carbons (Fsp3) is 0.708. The number of piperidine rings is 1. The van der Waals surface area contributed by atoms with Gasteiger partial charge in [0.05, 0.1) is 0 Å². The lowest BCUT2D eigenvalue weighted by atomic mass is 9.38. The van der Waals surface area contributed by atoms with E-state index in [1.807, 2.05) is 0 Å². The Morgan fingerprint density at radius 3 is 2.70 bits per heavy atom. The molecule has 27 heavy (non-hydrogen) atoms.